The van der Waals surface area contributed by atoms with E-state index in [1.807, 2.05) is 24.3 Å². The molecule has 384 valence electrons. The average molecular weight is 1040 g/mol. The Balaban J connectivity index is 0.000000261. The summed E-state index contributed by atoms with van der Waals surface area (Å²) < 4.78 is 24.4. The van der Waals surface area contributed by atoms with E-state index in [1.165, 1.54) is 62.8 Å². The van der Waals surface area contributed by atoms with Gasteiger partial charge < -0.3 is 23.7 Å². The molecule has 0 aliphatic carbocycles. The van der Waals surface area contributed by atoms with Crippen LogP contribution in [0, 0.1) is 48.4 Å². The Hall–Kier alpha value is -12.1. The van der Waals surface area contributed by atoms with Gasteiger partial charge in [-0.3, -0.25) is 0 Å². The number of benzene rings is 7. The largest absolute Gasteiger partial charge is 0.494 e. The molecule has 0 N–H and O–H groups in total. The van der Waals surface area contributed by atoms with Crippen molar-refractivity contribution in [2.24, 2.45) is 34.9 Å². The molecular formula is C56H38N10O12. The van der Waals surface area contributed by atoms with E-state index in [1.54, 1.807) is 136 Å². The molecule has 22 nitrogen and oxygen atoms in total. The van der Waals surface area contributed by atoms with Crippen molar-refractivity contribution in [3.05, 3.63) is 156 Å². The first kappa shape index (κ1) is 60.2. The van der Waals surface area contributed by atoms with Crippen LogP contribution in [-0.4, -0.2) is 56.8 Å². The molecule has 7 aromatic rings. The SMILES string of the molecule is COc1cc(-c2ccc(OC#N)c(OC)c2)ccc1N=C=O.Cc1c(N=C=O)cccc1OC#N.Cc1ccc(N=C=O)cc1N=C=O.N#COCc1ccc(CN=C=O)cc1.O=C=Nc1cccc2c(N=C=O)cccc12. The van der Waals surface area contributed by atoms with Crippen molar-refractivity contribution in [3.63, 3.8) is 0 Å². The van der Waals surface area contributed by atoms with Crippen LogP contribution in [0.5, 0.6) is 23.0 Å². The summed E-state index contributed by atoms with van der Waals surface area (Å²) in [5.74, 6) is 1.63. The molecule has 0 unspecified atom stereocenters. The number of ether oxygens (including phenoxy) is 5. The van der Waals surface area contributed by atoms with Crippen molar-refractivity contribution in [3.8, 4) is 52.9 Å². The first-order valence-electron chi connectivity index (χ1n) is 21.8. The van der Waals surface area contributed by atoms with Crippen molar-refractivity contribution in [1.82, 2.24) is 0 Å². The molecule has 0 fully saturated rings. The highest BCUT2D eigenvalue weighted by Crippen LogP contribution is 2.37. The summed E-state index contributed by atoms with van der Waals surface area (Å²) in [7, 11) is 2.99. The zero-order valence-corrected chi connectivity index (χ0v) is 41.5. The summed E-state index contributed by atoms with van der Waals surface area (Å²) in [6, 6.07) is 37.9. The number of methoxy groups -OCH3 is 2. The molecule has 0 bridgehead atoms. The molecule has 7 aromatic carbocycles. The van der Waals surface area contributed by atoms with E-state index in [0.717, 1.165) is 38.6 Å². The first-order chi connectivity index (χ1) is 38.0. The van der Waals surface area contributed by atoms with E-state index in [-0.39, 0.29) is 6.61 Å². The van der Waals surface area contributed by atoms with Gasteiger partial charge in [-0.2, -0.15) is 35.2 Å². The molecule has 0 heterocycles. The smallest absolute Gasteiger partial charge is 0.292 e. The van der Waals surface area contributed by atoms with Gasteiger partial charge in [0.25, 0.3) is 18.8 Å². The first-order valence-corrected chi connectivity index (χ1v) is 21.8. The van der Waals surface area contributed by atoms with Crippen LogP contribution in [0.3, 0.4) is 0 Å². The van der Waals surface area contributed by atoms with Crippen LogP contribution in [0.4, 0.5) is 34.1 Å². The molecule has 0 aliphatic heterocycles. The normalized spacial score (nSPS) is 8.83. The van der Waals surface area contributed by atoms with E-state index in [4.69, 9.17) is 30.0 Å². The van der Waals surface area contributed by atoms with Crippen molar-refractivity contribution in [1.29, 1.82) is 15.8 Å². The molecule has 0 saturated carbocycles. The van der Waals surface area contributed by atoms with E-state index >= 15 is 0 Å². The number of aryl methyl sites for hydroxylation is 1. The predicted molar refractivity (Wildman–Crippen MR) is 279 cm³/mol. The van der Waals surface area contributed by atoms with E-state index in [0.29, 0.717) is 69.2 Å². The van der Waals surface area contributed by atoms with Gasteiger partial charge in [-0.05, 0) is 102 Å². The summed E-state index contributed by atoms with van der Waals surface area (Å²) >= 11 is 0. The van der Waals surface area contributed by atoms with Crippen LogP contribution in [0.25, 0.3) is 21.9 Å². The van der Waals surface area contributed by atoms with Crippen LogP contribution in [0.2, 0.25) is 0 Å². The minimum Gasteiger partial charge on any atom is -0.494 e. The number of nitrogens with zero attached hydrogens (tertiary/aromatic N) is 10. The second-order valence-electron chi connectivity index (χ2n) is 14.5. The van der Waals surface area contributed by atoms with Gasteiger partial charge in [0.1, 0.15) is 23.8 Å². The molecule has 0 aromatic heterocycles. The molecular weight excluding hydrogens is 1000 g/mol. The predicted octanol–water partition coefficient (Wildman–Crippen LogP) is 11.2. The lowest BCUT2D eigenvalue weighted by atomic mass is 10.0. The molecule has 0 spiro atoms. The van der Waals surface area contributed by atoms with Crippen LogP contribution >= 0.6 is 0 Å². The van der Waals surface area contributed by atoms with Crippen molar-refractivity contribution < 1.29 is 57.2 Å². The molecule has 0 atom stereocenters. The van der Waals surface area contributed by atoms with Crippen molar-refractivity contribution in [2.75, 3.05) is 14.2 Å². The van der Waals surface area contributed by atoms with Crippen molar-refractivity contribution >= 4 is 87.5 Å². The monoisotopic (exact) mass is 1040 g/mol. The second kappa shape index (κ2) is 34.3. The van der Waals surface area contributed by atoms with Gasteiger partial charge in [-0.15, -0.1) is 10.5 Å². The van der Waals surface area contributed by atoms with E-state index in [2.05, 4.69) is 44.4 Å². The summed E-state index contributed by atoms with van der Waals surface area (Å²) in [6.45, 7) is 4.12. The standard InChI is InChI=1S/C16H12N2O4.C12H6N2O2.C10H8N2O2.2C9H6N2O2/c1-20-15-7-11(3-5-13(15)18-10-19)12-4-6-14(22-9-17)16(8-12)21-2;15-7-13-11-5-1-3-9-10(11)4-2-6-12(9)14-8-16;11-7-14-6-10-3-1-9(2-4-10)5-12-8-13;1-7-2-3-8(10-5-12)4-9(7)11-6-13;1-7-8(11-6-12)3-2-4-9(7)13-5-10/h3-8H,1-2H3;1-6H;1-4H,5-6H2;2*2-4H,1H3. The fraction of sp³-hybridized carbons (Fsp3) is 0.107. The Labute approximate surface area is 443 Å². The van der Waals surface area contributed by atoms with Crippen molar-refractivity contribution in [2.45, 2.75) is 27.0 Å². The number of fused-ring (bicyclic) bond motifs is 1. The molecule has 22 heteroatoms. The number of carbonyl (C=O) groups excluding carboxylic acids is 7. The Morgan fingerprint density at radius 1 is 0.423 bits per heavy atom. The van der Waals surface area contributed by atoms with Gasteiger partial charge >= 0.3 is 0 Å². The Bertz CT molecular complexity index is 3650. The van der Waals surface area contributed by atoms with Gasteiger partial charge in [-0.25, -0.2) is 38.6 Å². The maximum absolute atomic E-state index is 10.4. The fourth-order valence-electron chi connectivity index (χ4n) is 6.35. The number of hydrogen-bond donors (Lipinski definition) is 0. The number of aliphatic imine (C=N–C) groups is 7. The van der Waals surface area contributed by atoms with Crippen LogP contribution in [-0.2, 0) is 51.5 Å². The maximum Gasteiger partial charge on any atom is 0.292 e. The number of hydrogen-bond acceptors (Lipinski definition) is 22. The van der Waals surface area contributed by atoms with Gasteiger partial charge in [0.05, 0.1) is 49.2 Å². The lowest BCUT2D eigenvalue weighted by Gasteiger charge is -2.10. The lowest BCUT2D eigenvalue weighted by Crippen LogP contribution is -1.91. The summed E-state index contributed by atoms with van der Waals surface area (Å²) in [6.07, 6.45) is 15.0. The minimum absolute atomic E-state index is 0.272. The third-order valence-corrected chi connectivity index (χ3v) is 9.97. The molecule has 0 aliphatic rings. The number of isocyanates is 7. The van der Waals surface area contributed by atoms with Gasteiger partial charge in [-0.1, -0.05) is 72.8 Å². The van der Waals surface area contributed by atoms with Gasteiger partial charge in [0.15, 0.2) is 11.5 Å². The quantitative estimate of drug-likeness (QED) is 0.0523. The molecule has 78 heavy (non-hydrogen) atoms. The molecule has 0 saturated heterocycles. The van der Waals surface area contributed by atoms with Gasteiger partial charge in [0, 0.05) is 16.3 Å². The molecule has 0 amide bonds. The van der Waals surface area contributed by atoms with E-state index < -0.39 is 0 Å². The van der Waals surface area contributed by atoms with Crippen LogP contribution in [0.15, 0.2) is 168 Å². The summed E-state index contributed by atoms with van der Waals surface area (Å²) in [4.78, 5) is 95.1. The minimum atomic E-state index is 0.272. The number of rotatable bonds is 15. The molecule has 0 radical (unpaired) electrons. The second-order valence-corrected chi connectivity index (χ2v) is 14.5. The third-order valence-electron chi connectivity index (χ3n) is 9.97. The zero-order valence-electron chi connectivity index (χ0n) is 41.5. The topological polar surface area (TPSA) is 324 Å². The summed E-state index contributed by atoms with van der Waals surface area (Å²) in [5.41, 5.74) is 7.75. The third kappa shape index (κ3) is 19.2. The lowest BCUT2D eigenvalue weighted by molar-refractivity contribution is 0.257. The average Bonchev–Trinajstić information content (AvgIpc) is 3.47. The Morgan fingerprint density at radius 2 is 0.923 bits per heavy atom. The highest BCUT2D eigenvalue weighted by molar-refractivity contribution is 6.00. The Morgan fingerprint density at radius 3 is 1.47 bits per heavy atom. The van der Waals surface area contributed by atoms with Crippen LogP contribution in [0.1, 0.15) is 22.3 Å². The summed E-state index contributed by atoms with van der Waals surface area (Å²) in [5, 5.41) is 26.5. The van der Waals surface area contributed by atoms with E-state index in [9.17, 15) is 33.6 Å². The van der Waals surface area contributed by atoms with Gasteiger partial charge in [0.2, 0.25) is 42.6 Å². The number of nitriles is 3. The Kier molecular flexibility index (Phi) is 26.5. The fourth-order valence-corrected chi connectivity index (χ4v) is 6.35. The molecule has 7 rings (SSSR count). The van der Waals surface area contributed by atoms with Crippen LogP contribution < -0.4 is 18.9 Å². The highest BCUT2D eigenvalue weighted by atomic mass is 16.5. The zero-order chi connectivity index (χ0) is 56.9. The maximum atomic E-state index is 10.4. The highest BCUT2D eigenvalue weighted by Gasteiger charge is 2.11.